The Labute approximate surface area is 132 Å². The summed E-state index contributed by atoms with van der Waals surface area (Å²) in [7, 11) is 0. The molecule has 1 heterocycles. The van der Waals surface area contributed by atoms with E-state index in [1.54, 1.807) is 6.07 Å². The molecule has 4 rings (SSSR count). The monoisotopic (exact) mass is 308 g/mol. The van der Waals surface area contributed by atoms with Gasteiger partial charge in [0.25, 0.3) is 5.56 Å². The Bertz CT molecular complexity index is 916. The summed E-state index contributed by atoms with van der Waals surface area (Å²) in [6.45, 7) is 0. The summed E-state index contributed by atoms with van der Waals surface area (Å²) < 4.78 is 1.46. The minimum atomic E-state index is -0.0950. The molecule has 3 nitrogen and oxygen atoms in total. The van der Waals surface area contributed by atoms with E-state index >= 15 is 0 Å². The van der Waals surface area contributed by atoms with Crippen molar-refractivity contribution in [2.24, 2.45) is 0 Å². The Hall–Kier alpha value is -2.39. The van der Waals surface area contributed by atoms with E-state index in [4.69, 9.17) is 11.6 Å². The molecule has 0 bridgehead atoms. The minimum absolute atomic E-state index is 0.0950. The number of hydrogen-bond acceptors (Lipinski definition) is 2. The first-order valence-electron chi connectivity index (χ1n) is 7.20. The molecule has 0 aliphatic heterocycles. The summed E-state index contributed by atoms with van der Waals surface area (Å²) in [5, 5.41) is 5.35. The molecule has 0 amide bonds. The van der Waals surface area contributed by atoms with Crippen LogP contribution in [-0.4, -0.2) is 9.78 Å². The van der Waals surface area contributed by atoms with Gasteiger partial charge in [-0.1, -0.05) is 35.9 Å². The fourth-order valence-corrected chi connectivity index (χ4v) is 3.13. The Morgan fingerprint density at radius 1 is 0.955 bits per heavy atom. The second kappa shape index (κ2) is 5.11. The molecule has 22 heavy (non-hydrogen) atoms. The second-order valence-electron chi connectivity index (χ2n) is 5.41. The Morgan fingerprint density at radius 3 is 2.55 bits per heavy atom. The Morgan fingerprint density at radius 2 is 1.73 bits per heavy atom. The van der Waals surface area contributed by atoms with Crippen molar-refractivity contribution in [3.8, 4) is 16.9 Å². The van der Waals surface area contributed by atoms with Crippen LogP contribution in [0.15, 0.2) is 59.4 Å². The maximum absolute atomic E-state index is 12.3. The summed E-state index contributed by atoms with van der Waals surface area (Å²) >= 11 is 6.08. The third-order valence-corrected chi connectivity index (χ3v) is 4.23. The van der Waals surface area contributed by atoms with Crippen molar-refractivity contribution in [3.63, 3.8) is 0 Å². The zero-order valence-corrected chi connectivity index (χ0v) is 12.5. The lowest BCUT2D eigenvalue weighted by Crippen LogP contribution is -2.24. The van der Waals surface area contributed by atoms with Crippen LogP contribution in [0.4, 0.5) is 0 Å². The number of rotatable bonds is 1. The summed E-state index contributed by atoms with van der Waals surface area (Å²) in [4.78, 5) is 12.3. The van der Waals surface area contributed by atoms with Crippen LogP contribution < -0.4 is 5.56 Å². The van der Waals surface area contributed by atoms with Crippen molar-refractivity contribution in [3.05, 3.63) is 81.1 Å². The van der Waals surface area contributed by atoms with E-state index in [2.05, 4.69) is 5.10 Å². The average molecular weight is 309 g/mol. The zero-order valence-electron chi connectivity index (χ0n) is 11.8. The molecular weight excluding hydrogens is 296 g/mol. The van der Waals surface area contributed by atoms with Crippen molar-refractivity contribution >= 4 is 11.6 Å². The van der Waals surface area contributed by atoms with Crippen LogP contribution in [0.25, 0.3) is 16.9 Å². The predicted molar refractivity (Wildman–Crippen MR) is 87.7 cm³/mol. The number of aryl methyl sites for hydroxylation is 2. The van der Waals surface area contributed by atoms with Gasteiger partial charge in [0.05, 0.1) is 11.4 Å². The van der Waals surface area contributed by atoms with E-state index < -0.39 is 0 Å². The molecule has 0 spiro atoms. The fourth-order valence-electron chi connectivity index (χ4n) is 2.93. The molecule has 4 heteroatoms. The molecule has 0 fully saturated rings. The van der Waals surface area contributed by atoms with Gasteiger partial charge >= 0.3 is 0 Å². The highest BCUT2D eigenvalue weighted by atomic mass is 35.5. The van der Waals surface area contributed by atoms with E-state index in [-0.39, 0.29) is 5.56 Å². The van der Waals surface area contributed by atoms with Crippen LogP contribution in [0.1, 0.15) is 11.1 Å². The fraction of sp³-hybridized carbons (Fsp3) is 0.111. The smallest absolute Gasteiger partial charge is 0.267 e. The Balaban J connectivity index is 1.95. The molecule has 0 saturated carbocycles. The molecule has 1 aromatic heterocycles. The van der Waals surface area contributed by atoms with Gasteiger partial charge in [-0.2, -0.15) is 9.78 Å². The number of halogens is 1. The van der Waals surface area contributed by atoms with Crippen molar-refractivity contribution in [1.29, 1.82) is 0 Å². The largest absolute Gasteiger partial charge is 0.271 e. The molecule has 1 aliphatic rings. The molecule has 0 N–H and O–H groups in total. The van der Waals surface area contributed by atoms with E-state index in [1.165, 1.54) is 10.2 Å². The lowest BCUT2D eigenvalue weighted by Gasteiger charge is -2.19. The first-order chi connectivity index (χ1) is 10.7. The molecule has 2 aromatic carbocycles. The number of nitrogens with zero attached hydrogens (tertiary/aromatic N) is 2. The van der Waals surface area contributed by atoms with E-state index in [9.17, 15) is 4.79 Å². The normalized spacial score (nSPS) is 12.6. The number of aromatic nitrogens is 2. The summed E-state index contributed by atoms with van der Waals surface area (Å²) in [6.07, 6.45) is 1.71. The van der Waals surface area contributed by atoms with Gasteiger partial charge in [0.2, 0.25) is 0 Å². The van der Waals surface area contributed by atoms with Crippen molar-refractivity contribution in [2.75, 3.05) is 0 Å². The minimum Gasteiger partial charge on any atom is -0.267 e. The van der Waals surface area contributed by atoms with Crippen LogP contribution in [0.2, 0.25) is 5.02 Å². The van der Waals surface area contributed by atoms with Crippen molar-refractivity contribution in [1.82, 2.24) is 9.78 Å². The SMILES string of the molecule is O=c1cc2c(nn1-c1ccccc1)-c1ccc(Cl)cc1CC2. The summed E-state index contributed by atoms with van der Waals surface area (Å²) in [5.41, 5.74) is 4.81. The second-order valence-corrected chi connectivity index (χ2v) is 5.84. The molecule has 0 saturated heterocycles. The summed E-state index contributed by atoms with van der Waals surface area (Å²) in [5.74, 6) is 0. The maximum atomic E-state index is 12.3. The Kier molecular flexibility index (Phi) is 3.09. The number of hydrogen-bond donors (Lipinski definition) is 0. The third-order valence-electron chi connectivity index (χ3n) is 4.00. The highest BCUT2D eigenvalue weighted by Gasteiger charge is 2.19. The lowest BCUT2D eigenvalue weighted by molar-refractivity contribution is 0.783. The average Bonchev–Trinajstić information content (AvgIpc) is 2.54. The van der Waals surface area contributed by atoms with Crippen LogP contribution in [0.3, 0.4) is 0 Å². The molecule has 0 radical (unpaired) electrons. The van der Waals surface area contributed by atoms with E-state index in [0.29, 0.717) is 0 Å². The first-order valence-corrected chi connectivity index (χ1v) is 7.58. The number of para-hydroxylation sites is 1. The predicted octanol–water partition coefficient (Wildman–Crippen LogP) is 3.65. The van der Waals surface area contributed by atoms with Gasteiger partial charge in [0, 0.05) is 16.7 Å². The van der Waals surface area contributed by atoms with Gasteiger partial charge < -0.3 is 0 Å². The van der Waals surface area contributed by atoms with Crippen LogP contribution in [0, 0.1) is 0 Å². The van der Waals surface area contributed by atoms with Gasteiger partial charge in [-0.05, 0) is 48.2 Å². The summed E-state index contributed by atoms with van der Waals surface area (Å²) in [6, 6.07) is 17.0. The van der Waals surface area contributed by atoms with Gasteiger partial charge in [-0.3, -0.25) is 4.79 Å². The molecule has 0 atom stereocenters. The van der Waals surface area contributed by atoms with E-state index in [1.807, 2.05) is 48.5 Å². The van der Waals surface area contributed by atoms with Crippen molar-refractivity contribution in [2.45, 2.75) is 12.8 Å². The molecule has 3 aromatic rings. The first kappa shape index (κ1) is 13.3. The van der Waals surface area contributed by atoms with Gasteiger partial charge in [-0.15, -0.1) is 0 Å². The zero-order chi connectivity index (χ0) is 15.1. The lowest BCUT2D eigenvalue weighted by atomic mass is 9.89. The molecular formula is C18H13ClN2O. The number of benzene rings is 2. The van der Waals surface area contributed by atoms with Gasteiger partial charge in [0.15, 0.2) is 0 Å². The van der Waals surface area contributed by atoms with Crippen LogP contribution in [-0.2, 0) is 12.8 Å². The third kappa shape index (κ3) is 2.14. The van der Waals surface area contributed by atoms with Gasteiger partial charge in [0.1, 0.15) is 0 Å². The number of fused-ring (bicyclic) bond motifs is 3. The standard InChI is InChI=1S/C18H13ClN2O/c19-14-8-9-16-12(10-14)6-7-13-11-17(22)21(20-18(13)16)15-4-2-1-3-5-15/h1-5,8-11H,6-7H2. The maximum Gasteiger partial charge on any atom is 0.271 e. The highest BCUT2D eigenvalue weighted by molar-refractivity contribution is 6.30. The molecule has 1 aliphatic carbocycles. The van der Waals surface area contributed by atoms with E-state index in [0.717, 1.165) is 40.4 Å². The quantitative estimate of drug-likeness (QED) is 0.688. The van der Waals surface area contributed by atoms with Gasteiger partial charge in [-0.25, -0.2) is 0 Å². The highest BCUT2D eigenvalue weighted by Crippen LogP contribution is 2.32. The molecule has 0 unspecified atom stereocenters. The topological polar surface area (TPSA) is 34.9 Å². The molecule has 108 valence electrons. The van der Waals surface area contributed by atoms with Crippen molar-refractivity contribution < 1.29 is 0 Å². The van der Waals surface area contributed by atoms with Crippen LogP contribution >= 0.6 is 11.6 Å². The van der Waals surface area contributed by atoms with Crippen LogP contribution in [0.5, 0.6) is 0 Å².